The van der Waals surface area contributed by atoms with Gasteiger partial charge in [0.05, 0.1) is 0 Å². The van der Waals surface area contributed by atoms with Gasteiger partial charge in [0.25, 0.3) is 0 Å². The van der Waals surface area contributed by atoms with Crippen LogP contribution in [0.3, 0.4) is 0 Å². The zero-order chi connectivity index (χ0) is 7.44. The molecule has 1 radical (unpaired) electrons. The van der Waals surface area contributed by atoms with E-state index in [4.69, 9.17) is 0 Å². The molecule has 0 aromatic heterocycles. The van der Waals surface area contributed by atoms with E-state index in [-0.39, 0.29) is 32.7 Å². The molecule has 57 valence electrons. The van der Waals surface area contributed by atoms with Gasteiger partial charge in [-0.3, -0.25) is 0 Å². The Bertz CT molecular complexity index is 108. The zero-order valence-corrected chi connectivity index (χ0v) is 10.6. The van der Waals surface area contributed by atoms with Gasteiger partial charge in [-0.25, -0.2) is 17.1 Å². The van der Waals surface area contributed by atoms with E-state index >= 15 is 0 Å². The summed E-state index contributed by atoms with van der Waals surface area (Å²) < 4.78 is 0. The van der Waals surface area contributed by atoms with Gasteiger partial charge in [-0.1, -0.05) is 13.3 Å². The summed E-state index contributed by atoms with van der Waals surface area (Å²) >= 11 is 0. The molecule has 0 aromatic carbocycles. The van der Waals surface area contributed by atoms with Gasteiger partial charge >= 0.3 is 0 Å². The van der Waals surface area contributed by atoms with Crippen LogP contribution in [0.1, 0.15) is 41.0 Å². The maximum absolute atomic E-state index is 2.20. The van der Waals surface area contributed by atoms with Crippen LogP contribution in [0.25, 0.3) is 0 Å². The monoisotopic (exact) mass is 214 g/mol. The van der Waals surface area contributed by atoms with Crippen molar-refractivity contribution in [2.24, 2.45) is 0 Å². The van der Waals surface area contributed by atoms with Crippen molar-refractivity contribution in [2.75, 3.05) is 0 Å². The number of allylic oxidation sites excluding steroid dienone is 2. The molecule has 0 aliphatic heterocycles. The van der Waals surface area contributed by atoms with Gasteiger partial charge in [-0.15, -0.1) is 27.7 Å². The smallest absolute Gasteiger partial charge is 0 e. The fourth-order valence-corrected chi connectivity index (χ4v) is 1.21. The summed E-state index contributed by atoms with van der Waals surface area (Å²) in [6.07, 6.45) is 1.17. The van der Waals surface area contributed by atoms with Gasteiger partial charge in [-0.2, -0.15) is 0 Å². The number of rotatable bonds is 2. The first-order valence-corrected chi connectivity index (χ1v) is 3.56. The predicted molar refractivity (Wildman–Crippen MR) is 43.3 cm³/mol. The third kappa shape index (κ3) is 4.52. The molecule has 10 heavy (non-hydrogen) atoms. The third-order valence-corrected chi connectivity index (χ3v) is 1.56. The van der Waals surface area contributed by atoms with Crippen LogP contribution in [0.2, 0.25) is 0 Å². The molecule has 0 rings (SSSR count). The molecule has 0 heterocycles. The molecule has 0 aliphatic rings. The van der Waals surface area contributed by atoms with E-state index in [2.05, 4.69) is 34.6 Å². The third-order valence-electron chi connectivity index (χ3n) is 1.56. The molecule has 0 atom stereocenters. The van der Waals surface area contributed by atoms with Crippen LogP contribution in [0, 0.1) is 5.92 Å². The summed E-state index contributed by atoms with van der Waals surface area (Å²) in [6, 6.07) is 0. The van der Waals surface area contributed by atoms with Gasteiger partial charge in [0.15, 0.2) is 0 Å². The van der Waals surface area contributed by atoms with Crippen LogP contribution in [0.5, 0.6) is 0 Å². The average Bonchev–Trinajstić information content (AvgIpc) is 1.64. The Morgan fingerprint density at radius 2 is 1.60 bits per heavy atom. The molecule has 0 unspecified atom stereocenters. The summed E-state index contributed by atoms with van der Waals surface area (Å²) in [6.45, 7) is 10.9. The minimum Gasteiger partial charge on any atom is -0.219 e. The molecule has 0 spiro atoms. The molecule has 0 bridgehead atoms. The minimum atomic E-state index is 0. The SMILES string of the molecule is CCC(=C(C)C)[C-](C)C.[Y]. The van der Waals surface area contributed by atoms with Crippen molar-refractivity contribution in [3.05, 3.63) is 17.1 Å². The molecule has 0 N–H and O–H groups in total. The van der Waals surface area contributed by atoms with Crippen molar-refractivity contribution >= 4 is 0 Å². The van der Waals surface area contributed by atoms with Gasteiger partial charge in [0.1, 0.15) is 0 Å². The van der Waals surface area contributed by atoms with Gasteiger partial charge in [0.2, 0.25) is 0 Å². The zero-order valence-electron chi connectivity index (χ0n) is 7.78. The Hall–Kier alpha value is 0.714. The topological polar surface area (TPSA) is 0 Å². The van der Waals surface area contributed by atoms with Crippen molar-refractivity contribution in [3.63, 3.8) is 0 Å². The van der Waals surface area contributed by atoms with Gasteiger partial charge in [0, 0.05) is 32.7 Å². The maximum atomic E-state index is 2.20. The van der Waals surface area contributed by atoms with E-state index in [1.165, 1.54) is 23.5 Å². The second-order valence-electron chi connectivity index (χ2n) is 2.83. The van der Waals surface area contributed by atoms with Crippen molar-refractivity contribution in [3.8, 4) is 0 Å². The van der Waals surface area contributed by atoms with E-state index in [1.54, 1.807) is 0 Å². The first-order chi connectivity index (χ1) is 4.09. The first kappa shape index (κ1) is 13.3. The second-order valence-corrected chi connectivity index (χ2v) is 2.83. The molecule has 0 amide bonds. The van der Waals surface area contributed by atoms with Crippen LogP contribution < -0.4 is 0 Å². The maximum Gasteiger partial charge on any atom is 0 e. The van der Waals surface area contributed by atoms with Gasteiger partial charge in [-0.05, 0) is 0 Å². The summed E-state index contributed by atoms with van der Waals surface area (Å²) in [5, 5.41) is 0. The molecule has 0 saturated heterocycles. The largest absolute Gasteiger partial charge is 0.219 e. The van der Waals surface area contributed by atoms with Crippen LogP contribution in [-0.2, 0) is 32.7 Å². The number of hydrogen-bond acceptors (Lipinski definition) is 0. The van der Waals surface area contributed by atoms with E-state index in [1.807, 2.05) is 0 Å². The van der Waals surface area contributed by atoms with E-state index in [0.717, 1.165) is 0 Å². The molecule has 0 nitrogen and oxygen atoms in total. The van der Waals surface area contributed by atoms with E-state index in [9.17, 15) is 0 Å². The normalized spacial score (nSPS) is 8.10. The quantitative estimate of drug-likeness (QED) is 0.618. The number of hydrogen-bond donors (Lipinski definition) is 0. The fourth-order valence-electron chi connectivity index (χ4n) is 1.21. The molecule has 0 saturated carbocycles. The van der Waals surface area contributed by atoms with Crippen LogP contribution in [0.4, 0.5) is 0 Å². The molecule has 0 aromatic rings. The van der Waals surface area contributed by atoms with Crippen LogP contribution in [0.15, 0.2) is 11.1 Å². The van der Waals surface area contributed by atoms with Crippen molar-refractivity contribution in [2.45, 2.75) is 41.0 Å². The summed E-state index contributed by atoms with van der Waals surface area (Å²) in [7, 11) is 0. The van der Waals surface area contributed by atoms with Crippen molar-refractivity contribution in [1.29, 1.82) is 0 Å². The molecule has 0 fully saturated rings. The van der Waals surface area contributed by atoms with Gasteiger partial charge < -0.3 is 0 Å². The molecular formula is C9H17Y-. The van der Waals surface area contributed by atoms with E-state index in [0.29, 0.717) is 0 Å². The Morgan fingerprint density at radius 3 is 1.60 bits per heavy atom. The Morgan fingerprint density at radius 1 is 1.20 bits per heavy atom. The summed E-state index contributed by atoms with van der Waals surface area (Å²) in [4.78, 5) is 0. The predicted octanol–water partition coefficient (Wildman–Crippen LogP) is 3.34. The summed E-state index contributed by atoms with van der Waals surface area (Å²) in [5.74, 6) is 1.46. The van der Waals surface area contributed by atoms with Crippen LogP contribution in [-0.4, -0.2) is 0 Å². The molecule has 0 aliphatic carbocycles. The second kappa shape index (κ2) is 6.43. The standard InChI is InChI=1S/C9H17.Y/c1-6-9(7(2)3)8(4)5;/h6H2,1-5H3;/q-1;. The Labute approximate surface area is 90.4 Å². The van der Waals surface area contributed by atoms with Crippen molar-refractivity contribution < 1.29 is 32.7 Å². The Kier molecular flexibility index (Phi) is 8.56. The fraction of sp³-hybridized carbons (Fsp3) is 0.667. The van der Waals surface area contributed by atoms with Crippen LogP contribution >= 0.6 is 0 Å². The minimum absolute atomic E-state index is 0. The first-order valence-electron chi connectivity index (χ1n) is 3.56. The van der Waals surface area contributed by atoms with Crippen molar-refractivity contribution in [1.82, 2.24) is 0 Å². The van der Waals surface area contributed by atoms with E-state index < -0.39 is 0 Å². The average molecular weight is 214 g/mol. The molecular weight excluding hydrogens is 197 g/mol. The Balaban J connectivity index is 0. The molecule has 1 heteroatoms. The summed E-state index contributed by atoms with van der Waals surface area (Å²) in [5.41, 5.74) is 2.98.